The SMILES string of the molecule is CCSC1=C(C(=O)O)C(C)=CC(N2CCOCC2)N1CCCC(C)(C)OC. The van der Waals surface area contributed by atoms with E-state index in [1.807, 2.05) is 6.92 Å². The summed E-state index contributed by atoms with van der Waals surface area (Å²) in [7, 11) is 1.74. The highest BCUT2D eigenvalue weighted by Gasteiger charge is 2.34. The lowest BCUT2D eigenvalue weighted by Gasteiger charge is -2.45. The van der Waals surface area contributed by atoms with Gasteiger partial charge in [-0.25, -0.2) is 4.79 Å². The third-order valence-electron chi connectivity index (χ3n) is 5.23. The normalized spacial score (nSPS) is 22.2. The number of carboxylic acids is 1. The molecule has 0 spiro atoms. The Morgan fingerprint density at radius 2 is 2.07 bits per heavy atom. The number of morpholine rings is 1. The van der Waals surface area contributed by atoms with Crippen LogP contribution in [-0.4, -0.2) is 78.4 Å². The molecule has 0 aromatic carbocycles. The Bertz CT molecular complexity index is 583. The highest BCUT2D eigenvalue weighted by atomic mass is 32.2. The van der Waals surface area contributed by atoms with Crippen molar-refractivity contribution in [3.63, 3.8) is 0 Å². The van der Waals surface area contributed by atoms with E-state index in [1.54, 1.807) is 18.9 Å². The predicted molar refractivity (Wildman–Crippen MR) is 110 cm³/mol. The minimum Gasteiger partial charge on any atom is -0.478 e. The van der Waals surface area contributed by atoms with Crippen LogP contribution in [0.1, 0.15) is 40.5 Å². The van der Waals surface area contributed by atoms with E-state index in [0.717, 1.165) is 62.0 Å². The van der Waals surface area contributed by atoms with E-state index in [-0.39, 0.29) is 11.8 Å². The predicted octanol–water partition coefficient (Wildman–Crippen LogP) is 3.16. The monoisotopic (exact) mass is 398 g/mol. The summed E-state index contributed by atoms with van der Waals surface area (Å²) >= 11 is 1.63. The number of thioether (sulfide) groups is 1. The zero-order valence-corrected chi connectivity index (χ0v) is 18.1. The van der Waals surface area contributed by atoms with E-state index >= 15 is 0 Å². The van der Waals surface area contributed by atoms with Crippen molar-refractivity contribution in [2.75, 3.05) is 45.7 Å². The largest absolute Gasteiger partial charge is 0.478 e. The van der Waals surface area contributed by atoms with Crippen LogP contribution in [0.5, 0.6) is 0 Å². The number of carbonyl (C=O) groups is 1. The van der Waals surface area contributed by atoms with Crippen molar-refractivity contribution < 1.29 is 19.4 Å². The molecule has 27 heavy (non-hydrogen) atoms. The standard InChI is InChI=1S/C20H34N2O4S/c1-6-27-18-17(19(23)24)15(2)14-16(21-10-12-26-13-11-21)22(18)9-7-8-20(3,4)25-5/h14,16H,6-13H2,1-5H3,(H,23,24). The highest BCUT2D eigenvalue weighted by molar-refractivity contribution is 8.03. The molecule has 1 fully saturated rings. The molecule has 0 saturated carbocycles. The molecule has 1 atom stereocenters. The Kier molecular flexibility index (Phi) is 8.21. The van der Waals surface area contributed by atoms with Gasteiger partial charge in [0.1, 0.15) is 6.17 Å². The number of hydrogen-bond donors (Lipinski definition) is 1. The van der Waals surface area contributed by atoms with Crippen molar-refractivity contribution >= 4 is 17.7 Å². The van der Waals surface area contributed by atoms with E-state index < -0.39 is 5.97 Å². The van der Waals surface area contributed by atoms with Crippen LogP contribution in [0.25, 0.3) is 0 Å². The van der Waals surface area contributed by atoms with Gasteiger partial charge >= 0.3 is 5.97 Å². The minimum absolute atomic E-state index is 0.0803. The van der Waals surface area contributed by atoms with Crippen LogP contribution in [0.2, 0.25) is 0 Å². The summed E-state index contributed by atoms with van der Waals surface area (Å²) in [5, 5.41) is 10.7. The number of carboxylic acid groups (broad SMARTS) is 1. The number of hydrogen-bond acceptors (Lipinski definition) is 6. The molecule has 2 heterocycles. The maximum absolute atomic E-state index is 12.0. The first-order valence-corrected chi connectivity index (χ1v) is 10.7. The van der Waals surface area contributed by atoms with Crippen LogP contribution in [0.15, 0.2) is 22.3 Å². The average molecular weight is 399 g/mol. The molecule has 7 heteroatoms. The van der Waals surface area contributed by atoms with Crippen LogP contribution in [0.4, 0.5) is 0 Å². The maximum Gasteiger partial charge on any atom is 0.338 e. The lowest BCUT2D eigenvalue weighted by molar-refractivity contribution is -0.132. The molecule has 2 rings (SSSR count). The average Bonchev–Trinajstić information content (AvgIpc) is 2.63. The van der Waals surface area contributed by atoms with Crippen LogP contribution in [-0.2, 0) is 14.3 Å². The smallest absolute Gasteiger partial charge is 0.338 e. The van der Waals surface area contributed by atoms with E-state index in [0.29, 0.717) is 5.57 Å². The van der Waals surface area contributed by atoms with Crippen LogP contribution >= 0.6 is 11.8 Å². The quantitative estimate of drug-likeness (QED) is 0.640. The fraction of sp³-hybridized carbons (Fsp3) is 0.750. The fourth-order valence-electron chi connectivity index (χ4n) is 3.54. The molecular weight excluding hydrogens is 364 g/mol. The van der Waals surface area contributed by atoms with E-state index in [4.69, 9.17) is 9.47 Å². The fourth-order valence-corrected chi connectivity index (χ4v) is 4.57. The van der Waals surface area contributed by atoms with Gasteiger partial charge in [-0.05, 0) is 51.0 Å². The molecule has 0 aromatic heterocycles. The summed E-state index contributed by atoms with van der Waals surface area (Å²) in [6.45, 7) is 12.1. The molecule has 0 radical (unpaired) electrons. The van der Waals surface area contributed by atoms with E-state index in [2.05, 4.69) is 36.6 Å². The summed E-state index contributed by atoms with van der Waals surface area (Å²) in [6, 6.07) is 0. The highest BCUT2D eigenvalue weighted by Crippen LogP contribution is 2.36. The van der Waals surface area contributed by atoms with Crippen molar-refractivity contribution in [3.8, 4) is 0 Å². The number of methoxy groups -OCH3 is 1. The maximum atomic E-state index is 12.0. The third-order valence-corrected chi connectivity index (χ3v) is 6.23. The first kappa shape index (κ1) is 22.3. The molecule has 1 N–H and O–H groups in total. The van der Waals surface area contributed by atoms with E-state index in [1.165, 1.54) is 0 Å². The van der Waals surface area contributed by atoms with Gasteiger partial charge in [0.25, 0.3) is 0 Å². The second-order valence-electron chi connectivity index (χ2n) is 7.59. The topological polar surface area (TPSA) is 62.2 Å². The van der Waals surface area contributed by atoms with Gasteiger partial charge in [0.2, 0.25) is 0 Å². The molecular formula is C20H34N2O4S. The molecule has 1 unspecified atom stereocenters. The molecule has 6 nitrogen and oxygen atoms in total. The van der Waals surface area contributed by atoms with E-state index in [9.17, 15) is 9.90 Å². The Morgan fingerprint density at radius 1 is 1.41 bits per heavy atom. The van der Waals surface area contributed by atoms with Gasteiger partial charge < -0.3 is 19.5 Å². The molecule has 0 bridgehead atoms. The Balaban J connectivity index is 2.30. The van der Waals surface area contributed by atoms with Crippen molar-refractivity contribution in [1.82, 2.24) is 9.80 Å². The Labute approximate surface area is 167 Å². The second-order valence-corrected chi connectivity index (χ2v) is 8.84. The summed E-state index contributed by atoms with van der Waals surface area (Å²) in [6.07, 6.45) is 4.05. The number of aliphatic carboxylic acids is 1. The number of nitrogens with zero attached hydrogens (tertiary/aromatic N) is 2. The zero-order valence-electron chi connectivity index (χ0n) is 17.3. The molecule has 0 aliphatic carbocycles. The lowest BCUT2D eigenvalue weighted by atomic mass is 10.00. The molecule has 1 saturated heterocycles. The molecule has 0 aromatic rings. The molecule has 154 valence electrons. The first-order chi connectivity index (χ1) is 12.8. The van der Waals surface area contributed by atoms with Gasteiger partial charge in [-0.2, -0.15) is 0 Å². The van der Waals surface area contributed by atoms with Crippen LogP contribution in [0.3, 0.4) is 0 Å². The number of rotatable bonds is 9. The molecule has 2 aliphatic rings. The van der Waals surface area contributed by atoms with Gasteiger partial charge in [-0.1, -0.05) is 6.92 Å². The third kappa shape index (κ3) is 5.73. The summed E-state index contributed by atoms with van der Waals surface area (Å²) < 4.78 is 11.1. The van der Waals surface area contributed by atoms with Crippen LogP contribution in [0, 0.1) is 0 Å². The van der Waals surface area contributed by atoms with Crippen molar-refractivity contribution in [2.24, 2.45) is 0 Å². The van der Waals surface area contributed by atoms with Gasteiger partial charge in [-0.15, -0.1) is 11.8 Å². The summed E-state index contributed by atoms with van der Waals surface area (Å²) in [4.78, 5) is 16.6. The lowest BCUT2D eigenvalue weighted by Crippen LogP contribution is -2.53. The van der Waals surface area contributed by atoms with Crippen molar-refractivity contribution in [1.29, 1.82) is 0 Å². The molecule has 2 aliphatic heterocycles. The van der Waals surface area contributed by atoms with Gasteiger partial charge in [0, 0.05) is 26.7 Å². The van der Waals surface area contributed by atoms with Crippen LogP contribution < -0.4 is 0 Å². The van der Waals surface area contributed by atoms with Gasteiger partial charge in [-0.3, -0.25) is 4.90 Å². The summed E-state index contributed by atoms with van der Waals surface area (Å²) in [5.41, 5.74) is 1.12. The van der Waals surface area contributed by atoms with Crippen molar-refractivity contribution in [2.45, 2.75) is 52.3 Å². The number of ether oxygens (including phenoxy) is 2. The minimum atomic E-state index is -0.845. The summed E-state index contributed by atoms with van der Waals surface area (Å²) in [5.74, 6) is -0.00250. The van der Waals surface area contributed by atoms with Gasteiger partial charge in [0.05, 0.1) is 29.4 Å². The second kappa shape index (κ2) is 9.96. The van der Waals surface area contributed by atoms with Gasteiger partial charge in [0.15, 0.2) is 0 Å². The Hall–Kier alpha value is -1.02. The molecule has 0 amide bonds. The Morgan fingerprint density at radius 3 is 2.63 bits per heavy atom. The van der Waals surface area contributed by atoms with Crippen molar-refractivity contribution in [3.05, 3.63) is 22.3 Å². The zero-order chi connectivity index (χ0) is 20.0. The first-order valence-electron chi connectivity index (χ1n) is 9.73.